The van der Waals surface area contributed by atoms with Crippen LogP contribution >= 0.6 is 12.2 Å². The number of hydrogen-bond donors (Lipinski definition) is 1. The van der Waals surface area contributed by atoms with Crippen molar-refractivity contribution in [2.75, 3.05) is 0 Å². The minimum atomic E-state index is 0.590. The molecule has 0 unspecified atom stereocenters. The van der Waals surface area contributed by atoms with E-state index in [0.29, 0.717) is 6.04 Å². The van der Waals surface area contributed by atoms with Crippen LogP contribution in [0.2, 0.25) is 0 Å². The molecule has 48 valence electrons. The second-order valence-corrected chi connectivity index (χ2v) is 2.03. The van der Waals surface area contributed by atoms with E-state index >= 15 is 0 Å². The normalized spacial score (nSPS) is 9.38. The molecule has 0 saturated carbocycles. The van der Waals surface area contributed by atoms with Crippen molar-refractivity contribution in [1.29, 1.82) is 0 Å². The lowest BCUT2D eigenvalue weighted by Crippen LogP contribution is -2.24. The van der Waals surface area contributed by atoms with Gasteiger partial charge in [0.1, 0.15) is 0 Å². The maximum Gasteiger partial charge on any atom is 0.0617 e. The van der Waals surface area contributed by atoms with Crippen molar-refractivity contribution < 1.29 is 0 Å². The van der Waals surface area contributed by atoms with Gasteiger partial charge in [-0.1, -0.05) is 26.1 Å². The summed E-state index contributed by atoms with van der Waals surface area (Å²) in [7, 11) is 0. The average Bonchev–Trinajstić information content (AvgIpc) is 1.83. The van der Waals surface area contributed by atoms with E-state index in [0.717, 1.165) is 12.8 Å². The fourth-order valence-electron chi connectivity index (χ4n) is 0.621. The summed E-state index contributed by atoms with van der Waals surface area (Å²) in [5.41, 5.74) is 1.59. The molecule has 0 aromatic rings. The molecule has 2 heteroatoms. The Bertz CT molecular complexity index is 59.5. The van der Waals surface area contributed by atoms with Crippen LogP contribution in [0, 0.1) is 0 Å². The summed E-state index contributed by atoms with van der Waals surface area (Å²) < 4.78 is 0. The highest BCUT2D eigenvalue weighted by Crippen LogP contribution is 1.93. The van der Waals surface area contributed by atoms with Gasteiger partial charge in [0.15, 0.2) is 0 Å². The van der Waals surface area contributed by atoms with Crippen LogP contribution in [0.4, 0.5) is 0 Å². The molecule has 0 fully saturated rings. The van der Waals surface area contributed by atoms with E-state index in [9.17, 15) is 0 Å². The van der Waals surface area contributed by atoms with Crippen LogP contribution in [0.3, 0.4) is 0 Å². The molecular weight excluding hydrogens is 118 g/mol. The number of nitrogens with one attached hydrogen (secondary N) is 1. The van der Waals surface area contributed by atoms with Crippen LogP contribution in [0.5, 0.6) is 0 Å². The van der Waals surface area contributed by atoms with Crippen LogP contribution in [0.1, 0.15) is 26.7 Å². The smallest absolute Gasteiger partial charge is 0.0617 e. The highest BCUT2D eigenvalue weighted by molar-refractivity contribution is 7.78. The van der Waals surface area contributed by atoms with Gasteiger partial charge in [-0.2, -0.15) is 0 Å². The van der Waals surface area contributed by atoms with Gasteiger partial charge in [0.05, 0.1) is 5.49 Å². The first kappa shape index (κ1) is 7.89. The van der Waals surface area contributed by atoms with Gasteiger partial charge in [-0.05, 0) is 12.8 Å². The van der Waals surface area contributed by atoms with E-state index in [2.05, 4.69) is 31.4 Å². The number of hydrogen-bond acceptors (Lipinski definition) is 1. The van der Waals surface area contributed by atoms with E-state index < -0.39 is 0 Å². The van der Waals surface area contributed by atoms with Gasteiger partial charge in [0, 0.05) is 6.04 Å². The van der Waals surface area contributed by atoms with Crippen molar-refractivity contribution >= 4 is 17.7 Å². The largest absolute Gasteiger partial charge is 0.380 e. The third-order valence-electron chi connectivity index (χ3n) is 1.29. The summed E-state index contributed by atoms with van der Waals surface area (Å²) in [5, 5.41) is 3.07. The molecule has 0 atom stereocenters. The van der Waals surface area contributed by atoms with Gasteiger partial charge in [-0.3, -0.25) is 0 Å². The zero-order valence-electron chi connectivity index (χ0n) is 5.48. The molecule has 0 aromatic carbocycles. The Balaban J connectivity index is 3.20. The van der Waals surface area contributed by atoms with Crippen molar-refractivity contribution in [3.63, 3.8) is 0 Å². The first-order chi connectivity index (χ1) is 3.85. The Morgan fingerprint density at radius 3 is 2.12 bits per heavy atom. The van der Waals surface area contributed by atoms with Gasteiger partial charge in [-0.15, -0.1) is 0 Å². The minimum Gasteiger partial charge on any atom is -0.380 e. The Kier molecular flexibility index (Phi) is 4.97. The second kappa shape index (κ2) is 5.04. The third-order valence-corrected chi connectivity index (χ3v) is 1.43. The molecule has 0 spiro atoms. The summed E-state index contributed by atoms with van der Waals surface area (Å²) in [6, 6.07) is 0.590. The van der Waals surface area contributed by atoms with Crippen LogP contribution in [0.25, 0.3) is 0 Å². The molecule has 0 rings (SSSR count). The Hall–Kier alpha value is -0.110. The van der Waals surface area contributed by atoms with E-state index in [1.54, 1.807) is 5.49 Å². The van der Waals surface area contributed by atoms with Crippen LogP contribution in [-0.4, -0.2) is 11.5 Å². The molecule has 0 bridgehead atoms. The number of rotatable bonds is 4. The SMILES string of the molecule is CCC(CC)NC=S. The Morgan fingerprint density at radius 2 is 2.00 bits per heavy atom. The molecule has 0 aliphatic heterocycles. The summed E-state index contributed by atoms with van der Waals surface area (Å²) in [6.45, 7) is 4.31. The number of thiocarbonyl (C=S) groups is 1. The van der Waals surface area contributed by atoms with Gasteiger partial charge < -0.3 is 5.32 Å². The lowest BCUT2D eigenvalue weighted by atomic mass is 10.2. The van der Waals surface area contributed by atoms with E-state index in [-0.39, 0.29) is 0 Å². The summed E-state index contributed by atoms with van der Waals surface area (Å²) in [6.07, 6.45) is 2.31. The predicted octanol–water partition coefficient (Wildman–Crippen LogP) is 1.72. The molecule has 0 heterocycles. The van der Waals surface area contributed by atoms with Crippen LogP contribution in [0.15, 0.2) is 0 Å². The highest BCUT2D eigenvalue weighted by Gasteiger charge is 1.95. The van der Waals surface area contributed by atoms with Crippen molar-refractivity contribution in [2.24, 2.45) is 0 Å². The lowest BCUT2D eigenvalue weighted by molar-refractivity contribution is 0.578. The molecule has 0 aliphatic rings. The predicted molar refractivity (Wildman–Crippen MR) is 41.2 cm³/mol. The molecule has 0 aromatic heterocycles. The van der Waals surface area contributed by atoms with Crippen molar-refractivity contribution in [3.8, 4) is 0 Å². The molecule has 0 radical (unpaired) electrons. The highest BCUT2D eigenvalue weighted by atomic mass is 32.1. The Morgan fingerprint density at radius 1 is 1.50 bits per heavy atom. The van der Waals surface area contributed by atoms with Crippen molar-refractivity contribution in [3.05, 3.63) is 0 Å². The molecule has 1 N–H and O–H groups in total. The zero-order chi connectivity index (χ0) is 6.41. The maximum absolute atomic E-state index is 4.62. The fourth-order valence-corrected chi connectivity index (χ4v) is 0.813. The van der Waals surface area contributed by atoms with Crippen molar-refractivity contribution in [2.45, 2.75) is 32.7 Å². The summed E-state index contributed by atoms with van der Waals surface area (Å²) >= 11 is 4.62. The topological polar surface area (TPSA) is 12.0 Å². The van der Waals surface area contributed by atoms with Crippen LogP contribution < -0.4 is 5.32 Å². The molecule has 0 aliphatic carbocycles. The minimum absolute atomic E-state index is 0.590. The molecular formula is C6H13NS. The first-order valence-electron chi connectivity index (χ1n) is 3.04. The van der Waals surface area contributed by atoms with Gasteiger partial charge in [-0.25, -0.2) is 0 Å². The van der Waals surface area contributed by atoms with Gasteiger partial charge in [0.25, 0.3) is 0 Å². The van der Waals surface area contributed by atoms with E-state index in [1.165, 1.54) is 0 Å². The molecule has 0 saturated heterocycles. The van der Waals surface area contributed by atoms with Crippen LogP contribution in [-0.2, 0) is 0 Å². The second-order valence-electron chi connectivity index (χ2n) is 1.80. The quantitative estimate of drug-likeness (QED) is 0.583. The van der Waals surface area contributed by atoms with E-state index in [4.69, 9.17) is 0 Å². The van der Waals surface area contributed by atoms with Gasteiger partial charge >= 0.3 is 0 Å². The fraction of sp³-hybridized carbons (Fsp3) is 0.833. The van der Waals surface area contributed by atoms with E-state index in [1.807, 2.05) is 0 Å². The molecule has 8 heavy (non-hydrogen) atoms. The lowest BCUT2D eigenvalue weighted by Gasteiger charge is -2.09. The summed E-state index contributed by atoms with van der Waals surface area (Å²) in [5.74, 6) is 0. The monoisotopic (exact) mass is 131 g/mol. The first-order valence-corrected chi connectivity index (χ1v) is 3.52. The van der Waals surface area contributed by atoms with Gasteiger partial charge in [0.2, 0.25) is 0 Å². The maximum atomic E-state index is 4.62. The summed E-state index contributed by atoms with van der Waals surface area (Å²) in [4.78, 5) is 0. The Labute approximate surface area is 56.5 Å². The standard InChI is InChI=1S/C6H13NS/c1-3-6(4-2)7-5-8/h5-6H,3-4H2,1-2H3,(H,7,8). The average molecular weight is 131 g/mol. The molecule has 0 amide bonds. The molecule has 1 nitrogen and oxygen atoms in total. The van der Waals surface area contributed by atoms with Crippen molar-refractivity contribution in [1.82, 2.24) is 5.32 Å². The zero-order valence-corrected chi connectivity index (χ0v) is 6.29. The third kappa shape index (κ3) is 2.97.